The van der Waals surface area contributed by atoms with Crippen molar-refractivity contribution < 1.29 is 0 Å². The van der Waals surface area contributed by atoms with Gasteiger partial charge >= 0.3 is 0 Å². The summed E-state index contributed by atoms with van der Waals surface area (Å²) < 4.78 is 0. The van der Waals surface area contributed by atoms with Gasteiger partial charge in [0.05, 0.1) is 12.2 Å². The highest BCUT2D eigenvalue weighted by atomic mass is 127. The molecular weight excluding hydrogens is 519 g/mol. The summed E-state index contributed by atoms with van der Waals surface area (Å²) in [6.07, 6.45) is 0. The third kappa shape index (κ3) is 8.00. The van der Waals surface area contributed by atoms with E-state index in [1.807, 2.05) is 7.05 Å². The highest BCUT2D eigenvalue weighted by molar-refractivity contribution is 14.0. The molecule has 31 heavy (non-hydrogen) atoms. The SMILES string of the molecule is CCN1CCN(Cc2ccccc2CNC(=NC)NCc2nc(C(C)C)cs2)CC1.I. The summed E-state index contributed by atoms with van der Waals surface area (Å²) in [5, 5.41) is 10.1. The van der Waals surface area contributed by atoms with Gasteiger partial charge in [-0.25, -0.2) is 4.98 Å². The second-order valence-corrected chi connectivity index (χ2v) is 9.02. The molecular formula is C23H37IN6S. The maximum absolute atomic E-state index is 4.69. The van der Waals surface area contributed by atoms with Gasteiger partial charge in [-0.05, 0) is 23.6 Å². The van der Waals surface area contributed by atoms with Crippen LogP contribution in [-0.2, 0) is 19.6 Å². The number of piperazine rings is 1. The van der Waals surface area contributed by atoms with E-state index >= 15 is 0 Å². The monoisotopic (exact) mass is 556 g/mol. The van der Waals surface area contributed by atoms with Crippen LogP contribution < -0.4 is 10.6 Å². The molecule has 0 unspecified atom stereocenters. The molecule has 2 aromatic rings. The summed E-state index contributed by atoms with van der Waals surface area (Å²) in [5.41, 5.74) is 3.88. The number of hydrogen-bond acceptors (Lipinski definition) is 5. The highest BCUT2D eigenvalue weighted by Gasteiger charge is 2.16. The second-order valence-electron chi connectivity index (χ2n) is 8.08. The summed E-state index contributed by atoms with van der Waals surface area (Å²) >= 11 is 1.70. The van der Waals surface area contributed by atoms with Crippen LogP contribution in [0.1, 0.15) is 48.5 Å². The van der Waals surface area contributed by atoms with Crippen molar-refractivity contribution >= 4 is 41.3 Å². The van der Waals surface area contributed by atoms with Crippen LogP contribution in [-0.4, -0.2) is 60.5 Å². The molecule has 1 aliphatic rings. The van der Waals surface area contributed by atoms with Gasteiger partial charge in [-0.3, -0.25) is 9.89 Å². The van der Waals surface area contributed by atoms with Crippen molar-refractivity contribution in [3.63, 3.8) is 0 Å². The Morgan fingerprint density at radius 2 is 1.71 bits per heavy atom. The Hall–Kier alpha value is -1.23. The summed E-state index contributed by atoms with van der Waals surface area (Å²) in [6, 6.07) is 8.73. The first-order valence-electron chi connectivity index (χ1n) is 11.0. The molecule has 0 saturated carbocycles. The molecule has 172 valence electrons. The van der Waals surface area contributed by atoms with Crippen LogP contribution in [0.3, 0.4) is 0 Å². The summed E-state index contributed by atoms with van der Waals surface area (Å²) in [5.74, 6) is 1.27. The third-order valence-electron chi connectivity index (χ3n) is 5.66. The van der Waals surface area contributed by atoms with Crippen molar-refractivity contribution in [1.82, 2.24) is 25.4 Å². The van der Waals surface area contributed by atoms with Gasteiger partial charge in [0.1, 0.15) is 5.01 Å². The lowest BCUT2D eigenvalue weighted by atomic mass is 10.1. The number of nitrogens with zero attached hydrogens (tertiary/aromatic N) is 4. The Labute approximate surface area is 208 Å². The summed E-state index contributed by atoms with van der Waals surface area (Å²) in [6.45, 7) is 14.8. The van der Waals surface area contributed by atoms with Crippen molar-refractivity contribution in [2.45, 2.75) is 46.3 Å². The van der Waals surface area contributed by atoms with Crippen LogP contribution in [0, 0.1) is 0 Å². The standard InChI is InChI=1S/C23H36N6S.HI/c1-5-28-10-12-29(13-11-28)16-20-9-7-6-8-19(20)14-25-23(24-4)26-15-22-27-21(17-30-22)18(2)3;/h6-9,17-18H,5,10-16H2,1-4H3,(H2,24,25,26);1H. The molecule has 1 saturated heterocycles. The number of guanidine groups is 1. The Morgan fingerprint density at radius 1 is 1.06 bits per heavy atom. The molecule has 1 aromatic heterocycles. The van der Waals surface area contributed by atoms with E-state index in [1.165, 1.54) is 24.2 Å². The van der Waals surface area contributed by atoms with E-state index in [1.54, 1.807) is 11.3 Å². The van der Waals surface area contributed by atoms with Gasteiger partial charge in [0.2, 0.25) is 0 Å². The molecule has 2 N–H and O–H groups in total. The van der Waals surface area contributed by atoms with Crippen LogP contribution in [0.2, 0.25) is 0 Å². The Bertz CT molecular complexity index is 814. The van der Waals surface area contributed by atoms with Crippen LogP contribution >= 0.6 is 35.3 Å². The first kappa shape index (κ1) is 26.0. The number of aromatic nitrogens is 1. The molecule has 2 heterocycles. The normalized spacial score (nSPS) is 15.7. The second kappa shape index (κ2) is 13.3. The molecule has 3 rings (SSSR count). The summed E-state index contributed by atoms with van der Waals surface area (Å²) in [4.78, 5) is 14.2. The lowest BCUT2D eigenvalue weighted by Gasteiger charge is -2.34. The van der Waals surface area contributed by atoms with Crippen LogP contribution in [0.4, 0.5) is 0 Å². The Kier molecular flexibility index (Phi) is 11.2. The predicted molar refractivity (Wildman–Crippen MR) is 142 cm³/mol. The fourth-order valence-electron chi connectivity index (χ4n) is 3.62. The zero-order valence-corrected chi connectivity index (χ0v) is 22.4. The number of benzene rings is 1. The zero-order valence-electron chi connectivity index (χ0n) is 19.2. The Balaban J connectivity index is 0.00000341. The van der Waals surface area contributed by atoms with E-state index in [4.69, 9.17) is 0 Å². The van der Waals surface area contributed by atoms with Gasteiger partial charge in [-0.15, -0.1) is 35.3 Å². The largest absolute Gasteiger partial charge is 0.352 e. The van der Waals surface area contributed by atoms with E-state index in [0.29, 0.717) is 12.5 Å². The number of halogens is 1. The minimum atomic E-state index is 0. The number of hydrogen-bond donors (Lipinski definition) is 2. The van der Waals surface area contributed by atoms with Crippen LogP contribution in [0.5, 0.6) is 0 Å². The smallest absolute Gasteiger partial charge is 0.191 e. The molecule has 0 atom stereocenters. The number of likely N-dealkylation sites (N-methyl/N-ethyl adjacent to an activating group) is 1. The first-order valence-corrected chi connectivity index (χ1v) is 11.9. The number of rotatable bonds is 8. The van der Waals surface area contributed by atoms with Crippen LogP contribution in [0.15, 0.2) is 34.6 Å². The van der Waals surface area contributed by atoms with Gasteiger partial charge < -0.3 is 15.5 Å². The molecule has 0 bridgehead atoms. The average molecular weight is 557 g/mol. The maximum atomic E-state index is 4.69. The lowest BCUT2D eigenvalue weighted by molar-refractivity contribution is 0.131. The van der Waals surface area contributed by atoms with Crippen LogP contribution in [0.25, 0.3) is 0 Å². The number of thiazole rings is 1. The van der Waals surface area contributed by atoms with Crippen molar-refractivity contribution in [2.75, 3.05) is 39.8 Å². The number of nitrogens with one attached hydrogen (secondary N) is 2. The molecule has 1 fully saturated rings. The van der Waals surface area contributed by atoms with E-state index < -0.39 is 0 Å². The number of aliphatic imine (C=N–C) groups is 1. The van der Waals surface area contributed by atoms with Crippen molar-refractivity contribution in [1.29, 1.82) is 0 Å². The van der Waals surface area contributed by atoms with Crippen molar-refractivity contribution in [3.8, 4) is 0 Å². The average Bonchev–Trinajstić information content (AvgIpc) is 3.25. The molecule has 0 amide bonds. The molecule has 0 radical (unpaired) electrons. The van der Waals surface area contributed by atoms with Gasteiger partial charge in [-0.2, -0.15) is 0 Å². The molecule has 1 aliphatic heterocycles. The minimum absolute atomic E-state index is 0. The highest BCUT2D eigenvalue weighted by Crippen LogP contribution is 2.17. The van der Waals surface area contributed by atoms with E-state index in [-0.39, 0.29) is 24.0 Å². The molecule has 0 aliphatic carbocycles. The topological polar surface area (TPSA) is 55.8 Å². The Morgan fingerprint density at radius 3 is 2.32 bits per heavy atom. The van der Waals surface area contributed by atoms with E-state index in [0.717, 1.165) is 49.4 Å². The first-order chi connectivity index (χ1) is 14.6. The van der Waals surface area contributed by atoms with Crippen molar-refractivity contribution in [2.24, 2.45) is 4.99 Å². The third-order valence-corrected chi connectivity index (χ3v) is 6.53. The zero-order chi connectivity index (χ0) is 21.3. The summed E-state index contributed by atoms with van der Waals surface area (Å²) in [7, 11) is 1.82. The maximum Gasteiger partial charge on any atom is 0.191 e. The van der Waals surface area contributed by atoms with Gasteiger partial charge in [0.25, 0.3) is 0 Å². The molecule has 1 aromatic carbocycles. The van der Waals surface area contributed by atoms with E-state index in [2.05, 4.69) is 80.8 Å². The fourth-order valence-corrected chi connectivity index (χ4v) is 4.51. The minimum Gasteiger partial charge on any atom is -0.352 e. The lowest BCUT2D eigenvalue weighted by Crippen LogP contribution is -2.45. The van der Waals surface area contributed by atoms with Gasteiger partial charge in [0, 0.05) is 51.7 Å². The predicted octanol–water partition coefficient (Wildman–Crippen LogP) is 3.89. The van der Waals surface area contributed by atoms with Gasteiger partial charge in [0.15, 0.2) is 5.96 Å². The quantitative estimate of drug-likeness (QED) is 0.294. The fraction of sp³-hybridized carbons (Fsp3) is 0.565. The van der Waals surface area contributed by atoms with Gasteiger partial charge in [-0.1, -0.05) is 45.0 Å². The molecule has 0 spiro atoms. The molecule has 8 heteroatoms. The van der Waals surface area contributed by atoms with E-state index in [9.17, 15) is 0 Å². The molecule has 6 nitrogen and oxygen atoms in total. The van der Waals surface area contributed by atoms with Crippen molar-refractivity contribution in [3.05, 3.63) is 51.5 Å².